The molecular formula is C25H33N3O3. The Morgan fingerprint density at radius 3 is 2.45 bits per heavy atom. The number of rotatable bonds is 7. The van der Waals surface area contributed by atoms with E-state index in [2.05, 4.69) is 10.3 Å². The zero-order valence-corrected chi connectivity index (χ0v) is 18.2. The molecule has 0 radical (unpaired) electrons. The van der Waals surface area contributed by atoms with Crippen molar-refractivity contribution >= 4 is 11.7 Å². The maximum atomic E-state index is 12.4. The van der Waals surface area contributed by atoms with Crippen LogP contribution in [0.5, 0.6) is 11.5 Å². The molecule has 2 aromatic rings. The molecule has 1 aromatic heterocycles. The molecule has 166 valence electrons. The van der Waals surface area contributed by atoms with Gasteiger partial charge in [-0.15, -0.1) is 0 Å². The Hall–Kier alpha value is -2.76. The van der Waals surface area contributed by atoms with Crippen molar-refractivity contribution in [1.82, 2.24) is 9.88 Å². The van der Waals surface area contributed by atoms with Crippen LogP contribution in [0.25, 0.3) is 0 Å². The number of hydrogen-bond donors (Lipinski definition) is 1. The van der Waals surface area contributed by atoms with Gasteiger partial charge in [0.05, 0.1) is 18.5 Å². The number of nitrogens with zero attached hydrogens (tertiary/aromatic N) is 2. The number of carbonyl (C=O) groups excluding carboxylic acids is 1. The van der Waals surface area contributed by atoms with E-state index in [9.17, 15) is 4.79 Å². The third-order valence-corrected chi connectivity index (χ3v) is 6.29. The lowest BCUT2D eigenvalue weighted by Crippen LogP contribution is -2.43. The highest BCUT2D eigenvalue weighted by atomic mass is 16.5. The highest BCUT2D eigenvalue weighted by Crippen LogP contribution is 2.27. The molecule has 0 bridgehead atoms. The number of anilines is 1. The lowest BCUT2D eigenvalue weighted by molar-refractivity contribution is 0.115. The van der Waals surface area contributed by atoms with Gasteiger partial charge >= 0.3 is 6.03 Å². The van der Waals surface area contributed by atoms with E-state index in [1.807, 2.05) is 41.3 Å². The monoisotopic (exact) mass is 423 g/mol. The van der Waals surface area contributed by atoms with E-state index in [1.54, 1.807) is 12.4 Å². The van der Waals surface area contributed by atoms with Crippen LogP contribution in [0.2, 0.25) is 0 Å². The van der Waals surface area contributed by atoms with Crippen LogP contribution in [0.15, 0.2) is 48.8 Å². The first-order chi connectivity index (χ1) is 15.3. The minimum absolute atomic E-state index is 0.0822. The minimum atomic E-state index is -0.0822. The molecule has 0 atom stereocenters. The van der Waals surface area contributed by atoms with Gasteiger partial charge in [-0.25, -0.2) is 4.79 Å². The van der Waals surface area contributed by atoms with Crippen LogP contribution in [0, 0.1) is 5.92 Å². The molecule has 0 spiro atoms. The summed E-state index contributed by atoms with van der Waals surface area (Å²) in [5, 5.41) is 2.89. The van der Waals surface area contributed by atoms with Gasteiger partial charge in [-0.2, -0.15) is 0 Å². The number of amides is 2. The Bertz CT molecular complexity index is 799. The molecule has 1 aliphatic carbocycles. The van der Waals surface area contributed by atoms with Crippen LogP contribution < -0.4 is 14.8 Å². The summed E-state index contributed by atoms with van der Waals surface area (Å²) < 4.78 is 12.1. The van der Waals surface area contributed by atoms with Crippen molar-refractivity contribution in [2.75, 3.05) is 25.0 Å². The van der Waals surface area contributed by atoms with Gasteiger partial charge in [0, 0.05) is 32.1 Å². The first kappa shape index (κ1) is 21.5. The van der Waals surface area contributed by atoms with E-state index >= 15 is 0 Å². The van der Waals surface area contributed by atoms with Gasteiger partial charge in [-0.05, 0) is 48.7 Å². The molecule has 31 heavy (non-hydrogen) atoms. The number of benzene rings is 1. The molecule has 1 aliphatic heterocycles. The molecule has 1 aromatic carbocycles. The SMILES string of the molecule is O=C(Nc1cccnc1)N1CCC(Oc2ccc(OCCC3CCCCC3)cc2)CC1. The van der Waals surface area contributed by atoms with Crippen LogP contribution >= 0.6 is 0 Å². The molecule has 1 N–H and O–H groups in total. The topological polar surface area (TPSA) is 63.7 Å². The van der Waals surface area contributed by atoms with Crippen molar-refractivity contribution in [3.8, 4) is 11.5 Å². The summed E-state index contributed by atoms with van der Waals surface area (Å²) >= 11 is 0. The predicted octanol–water partition coefficient (Wildman–Crippen LogP) is 5.51. The Morgan fingerprint density at radius 2 is 1.74 bits per heavy atom. The number of urea groups is 1. The Morgan fingerprint density at radius 1 is 1.00 bits per heavy atom. The van der Waals surface area contributed by atoms with Crippen molar-refractivity contribution < 1.29 is 14.3 Å². The fourth-order valence-corrected chi connectivity index (χ4v) is 4.44. The van der Waals surface area contributed by atoms with Crippen molar-refractivity contribution in [1.29, 1.82) is 0 Å². The lowest BCUT2D eigenvalue weighted by atomic mass is 9.87. The second-order valence-corrected chi connectivity index (χ2v) is 8.59. The van der Waals surface area contributed by atoms with Crippen molar-refractivity contribution in [2.24, 2.45) is 5.92 Å². The number of likely N-dealkylation sites (tertiary alicyclic amines) is 1. The minimum Gasteiger partial charge on any atom is -0.494 e. The maximum absolute atomic E-state index is 12.4. The Kier molecular flexibility index (Phi) is 7.64. The Balaban J connectivity index is 1.16. The number of carbonyl (C=O) groups is 1. The number of pyridine rings is 1. The van der Waals surface area contributed by atoms with Gasteiger partial charge in [-0.3, -0.25) is 4.98 Å². The van der Waals surface area contributed by atoms with Gasteiger partial charge in [-0.1, -0.05) is 32.1 Å². The molecular weight excluding hydrogens is 390 g/mol. The van der Waals surface area contributed by atoms with Crippen LogP contribution in [0.3, 0.4) is 0 Å². The molecule has 2 amide bonds. The number of aromatic nitrogens is 1. The highest BCUT2D eigenvalue weighted by Gasteiger charge is 2.24. The fourth-order valence-electron chi connectivity index (χ4n) is 4.44. The second-order valence-electron chi connectivity index (χ2n) is 8.59. The smallest absolute Gasteiger partial charge is 0.321 e. The van der Waals surface area contributed by atoms with Crippen LogP contribution in [0.1, 0.15) is 51.4 Å². The average molecular weight is 424 g/mol. The summed E-state index contributed by atoms with van der Waals surface area (Å²) in [6.07, 6.45) is 13.1. The summed E-state index contributed by atoms with van der Waals surface area (Å²) in [6, 6.07) is 11.5. The summed E-state index contributed by atoms with van der Waals surface area (Å²) in [5.74, 6) is 2.61. The van der Waals surface area contributed by atoms with Gasteiger partial charge in [0.15, 0.2) is 0 Å². The predicted molar refractivity (Wildman–Crippen MR) is 122 cm³/mol. The molecule has 6 heteroatoms. The highest BCUT2D eigenvalue weighted by molar-refractivity contribution is 5.89. The summed E-state index contributed by atoms with van der Waals surface area (Å²) in [5.41, 5.74) is 0.715. The fraction of sp³-hybridized carbons (Fsp3) is 0.520. The molecule has 1 saturated heterocycles. The number of piperidine rings is 1. The van der Waals surface area contributed by atoms with Crippen molar-refractivity contribution in [3.05, 3.63) is 48.8 Å². The lowest BCUT2D eigenvalue weighted by Gasteiger charge is -2.32. The first-order valence-electron chi connectivity index (χ1n) is 11.6. The molecule has 6 nitrogen and oxygen atoms in total. The number of hydrogen-bond acceptors (Lipinski definition) is 4. The zero-order valence-electron chi connectivity index (χ0n) is 18.2. The zero-order chi connectivity index (χ0) is 21.3. The molecule has 1 saturated carbocycles. The number of ether oxygens (including phenoxy) is 2. The summed E-state index contributed by atoms with van der Waals surface area (Å²) in [7, 11) is 0. The van der Waals surface area contributed by atoms with Crippen LogP contribution in [-0.4, -0.2) is 41.7 Å². The third kappa shape index (κ3) is 6.61. The standard InChI is InChI=1S/C25H33N3O3/c29-25(27-21-7-4-15-26-19-21)28-16-12-24(13-17-28)31-23-10-8-22(9-11-23)30-18-14-20-5-2-1-3-6-20/h4,7-11,15,19-20,24H,1-3,5-6,12-14,16-18H2,(H,27,29). The van der Waals surface area contributed by atoms with Crippen LogP contribution in [0.4, 0.5) is 10.5 Å². The van der Waals surface area contributed by atoms with Gasteiger partial charge in [0.1, 0.15) is 17.6 Å². The van der Waals surface area contributed by atoms with E-state index in [0.29, 0.717) is 18.8 Å². The normalized spacial score (nSPS) is 17.9. The van der Waals surface area contributed by atoms with E-state index in [1.165, 1.54) is 32.1 Å². The summed E-state index contributed by atoms with van der Waals surface area (Å²) in [6.45, 7) is 2.16. The third-order valence-electron chi connectivity index (χ3n) is 6.29. The molecule has 0 unspecified atom stereocenters. The van der Waals surface area contributed by atoms with Crippen LogP contribution in [-0.2, 0) is 0 Å². The maximum Gasteiger partial charge on any atom is 0.321 e. The van der Waals surface area contributed by atoms with Crippen molar-refractivity contribution in [2.45, 2.75) is 57.5 Å². The summed E-state index contributed by atoms with van der Waals surface area (Å²) in [4.78, 5) is 18.2. The van der Waals surface area contributed by atoms with Crippen molar-refractivity contribution in [3.63, 3.8) is 0 Å². The molecule has 2 fully saturated rings. The first-order valence-corrected chi connectivity index (χ1v) is 11.6. The second kappa shape index (κ2) is 11.0. The molecule has 2 heterocycles. The van der Waals surface area contributed by atoms with E-state index in [-0.39, 0.29) is 12.1 Å². The molecule has 2 aliphatic rings. The quantitative estimate of drug-likeness (QED) is 0.638. The van der Waals surface area contributed by atoms with E-state index < -0.39 is 0 Å². The number of nitrogens with one attached hydrogen (secondary N) is 1. The Labute approximate surface area is 185 Å². The van der Waals surface area contributed by atoms with Gasteiger partial charge in [0.2, 0.25) is 0 Å². The largest absolute Gasteiger partial charge is 0.494 e. The molecule has 4 rings (SSSR count). The van der Waals surface area contributed by atoms with Gasteiger partial charge in [0.25, 0.3) is 0 Å². The van der Waals surface area contributed by atoms with Gasteiger partial charge < -0.3 is 19.7 Å². The van der Waals surface area contributed by atoms with E-state index in [0.717, 1.165) is 43.3 Å². The van der Waals surface area contributed by atoms with E-state index in [4.69, 9.17) is 9.47 Å². The average Bonchev–Trinajstić information content (AvgIpc) is 2.82.